The quantitative estimate of drug-likeness (QED) is 0.0404. The van der Waals surface area contributed by atoms with E-state index in [-0.39, 0.29) is 31.2 Å². The molecule has 3 aromatic carbocycles. The molecular weight excluding hydrogens is 888 g/mol. The molecule has 11 N–H and O–H groups in total. The van der Waals surface area contributed by atoms with Crippen LogP contribution in [0, 0.1) is 0 Å². The number of nitrogens with zero attached hydrogens (tertiary/aromatic N) is 1. The van der Waals surface area contributed by atoms with Gasteiger partial charge in [0.15, 0.2) is 0 Å². The summed E-state index contributed by atoms with van der Waals surface area (Å²) in [5.74, 6) is -5.89. The smallest absolute Gasteiger partial charge is 0.481 e. The highest BCUT2D eigenvalue weighted by Crippen LogP contribution is 2.47. The number of aromatic nitrogens is 2. The Labute approximate surface area is 384 Å². The summed E-state index contributed by atoms with van der Waals surface area (Å²) in [5, 5.41) is 26.1. The van der Waals surface area contributed by atoms with Crippen molar-refractivity contribution in [1.29, 1.82) is 0 Å². The Kier molecular flexibility index (Phi) is 17.9. The minimum absolute atomic E-state index is 0.0277. The minimum atomic E-state index is -4.88. The fraction of sp³-hybridized carbons (Fsp3) is 0.283. The van der Waals surface area contributed by atoms with Gasteiger partial charge >= 0.3 is 19.4 Å². The normalized spacial score (nSPS) is 13.4. The Morgan fingerprint density at radius 1 is 0.597 bits per heavy atom. The lowest BCUT2D eigenvalue weighted by Crippen LogP contribution is -2.60. The second-order valence-corrected chi connectivity index (χ2v) is 17.2. The molecular formula is C46H52N8O12P+. The standard InChI is InChI=1S/C46H51N8O12P/c1-27(55)50-36(23-30-11-8-20-48-25-30)43(60)52-38(22-29-14-16-31(17-15-29)46(63)67(64,65)66)45(62)53-37(21-28-9-4-3-5-10-28)44(61)51-35(18-19-40(56)57)42(59)54-39(41(58)47-2)24-32-26-49-34-13-7-6-12-33(32)34/h3-17,20,25-26,35-39,49,64-66H,18-19,21-24H2,1-2H3,(H6-,47,50,51,52,53,54,55,56,57,58,59,60,61,62)/p+1/t35-,36-,37-,38-,39+/m0/s1. The van der Waals surface area contributed by atoms with Crippen LogP contribution in [0.1, 0.15) is 52.4 Å². The third kappa shape index (κ3) is 15.1. The zero-order chi connectivity index (χ0) is 48.7. The zero-order valence-corrected chi connectivity index (χ0v) is 37.4. The van der Waals surface area contributed by atoms with Gasteiger partial charge in [-0.05, 0) is 52.9 Å². The van der Waals surface area contributed by atoms with Crippen molar-refractivity contribution in [3.05, 3.63) is 137 Å². The summed E-state index contributed by atoms with van der Waals surface area (Å²) in [7, 11) is -3.49. The fourth-order valence-electron chi connectivity index (χ4n) is 7.20. The van der Waals surface area contributed by atoms with Gasteiger partial charge in [0.25, 0.3) is 0 Å². The van der Waals surface area contributed by atoms with Gasteiger partial charge in [-0.15, -0.1) is 0 Å². The zero-order valence-electron chi connectivity index (χ0n) is 36.5. The maximum atomic E-state index is 14.5. The Morgan fingerprint density at radius 2 is 1.10 bits per heavy atom. The number of H-pyrrole nitrogens is 1. The van der Waals surface area contributed by atoms with Crippen LogP contribution in [0.15, 0.2) is 110 Å². The number of benzene rings is 3. The SMILES string of the molecule is CNC(=O)[C@@H](Cc1c[nH]c2ccccc12)NC(=O)[C@H](CCC(=O)O)NC(=O)[C@H](Cc1ccccc1)NC(=O)[C@H](Cc1ccc(C(=O)[P+](O)(O)O)cc1)NC(=O)[C@H](Cc1cccnc1)NC(C)=O. The van der Waals surface area contributed by atoms with Gasteiger partial charge in [0.2, 0.25) is 35.4 Å². The number of nitrogens with one attached hydrogen (secondary N) is 7. The van der Waals surface area contributed by atoms with Gasteiger partial charge in [-0.1, -0.05) is 66.7 Å². The van der Waals surface area contributed by atoms with Crippen LogP contribution in [0.4, 0.5) is 0 Å². The van der Waals surface area contributed by atoms with E-state index >= 15 is 0 Å². The van der Waals surface area contributed by atoms with Crippen molar-refractivity contribution >= 4 is 65.8 Å². The van der Waals surface area contributed by atoms with Crippen LogP contribution in [0.3, 0.4) is 0 Å². The molecule has 0 aliphatic heterocycles. The Hall–Kier alpha value is -7.38. The molecule has 6 amide bonds. The molecule has 0 saturated carbocycles. The van der Waals surface area contributed by atoms with Crippen LogP contribution in [-0.2, 0) is 59.2 Å². The number of likely N-dealkylation sites (N-methyl/N-ethyl adjacent to an activating group) is 1. The highest BCUT2D eigenvalue weighted by atomic mass is 31.2. The van der Waals surface area contributed by atoms with Crippen LogP contribution in [0.5, 0.6) is 0 Å². The lowest BCUT2D eigenvalue weighted by molar-refractivity contribution is -0.138. The first-order valence-electron chi connectivity index (χ1n) is 21.0. The maximum absolute atomic E-state index is 14.5. The number of fused-ring (bicyclic) bond motifs is 1. The third-order valence-electron chi connectivity index (χ3n) is 10.6. The van der Waals surface area contributed by atoms with Crippen molar-refractivity contribution < 1.29 is 58.1 Å². The second-order valence-electron chi connectivity index (χ2n) is 15.6. The summed E-state index contributed by atoms with van der Waals surface area (Å²) in [6.07, 6.45) is 3.31. The molecule has 0 aliphatic rings. The number of carboxylic acids is 1. The molecule has 0 bridgehead atoms. The Bertz CT molecular complexity index is 2550. The minimum Gasteiger partial charge on any atom is -0.481 e. The highest BCUT2D eigenvalue weighted by Gasteiger charge is 2.43. The van der Waals surface area contributed by atoms with E-state index in [9.17, 15) is 58.1 Å². The first-order valence-corrected chi connectivity index (χ1v) is 22.7. The second kappa shape index (κ2) is 23.7. The van der Waals surface area contributed by atoms with Crippen LogP contribution >= 0.6 is 7.94 Å². The molecule has 0 saturated heterocycles. The van der Waals surface area contributed by atoms with Gasteiger partial charge in [-0.3, -0.25) is 38.5 Å². The molecule has 20 nitrogen and oxygen atoms in total. The summed E-state index contributed by atoms with van der Waals surface area (Å²) < 4.78 is 0. The molecule has 0 aliphatic carbocycles. The summed E-state index contributed by atoms with van der Waals surface area (Å²) in [4.78, 5) is 142. The van der Waals surface area contributed by atoms with E-state index in [1.807, 2.05) is 24.3 Å². The van der Waals surface area contributed by atoms with Crippen LogP contribution < -0.4 is 31.9 Å². The number of amides is 6. The number of hydrogen-bond acceptors (Lipinski definition) is 12. The third-order valence-corrected chi connectivity index (χ3v) is 11.4. The molecule has 2 heterocycles. The number of aliphatic carboxylic acids is 1. The van der Waals surface area contributed by atoms with E-state index in [2.05, 4.69) is 41.9 Å². The van der Waals surface area contributed by atoms with E-state index < -0.39 is 97.9 Å². The van der Waals surface area contributed by atoms with E-state index in [1.54, 1.807) is 48.7 Å². The number of hydrogen-bond donors (Lipinski definition) is 11. The molecule has 0 spiro atoms. The summed E-state index contributed by atoms with van der Waals surface area (Å²) in [5.41, 5.74) is 1.39. The summed E-state index contributed by atoms with van der Waals surface area (Å²) >= 11 is 0. The molecule has 21 heteroatoms. The van der Waals surface area contributed by atoms with Crippen molar-refractivity contribution in [2.45, 2.75) is 75.7 Å². The number of carboxylic acid groups (broad SMARTS) is 1. The molecule has 5 aromatic rings. The lowest BCUT2D eigenvalue weighted by atomic mass is 10.00. The van der Waals surface area contributed by atoms with Gasteiger partial charge in [0.1, 0.15) is 30.2 Å². The molecule has 2 aromatic heterocycles. The predicted octanol–water partition coefficient (Wildman–Crippen LogP) is 0.768. The first kappa shape index (κ1) is 50.6. The number of aromatic amines is 1. The summed E-state index contributed by atoms with van der Waals surface area (Å²) in [6, 6.07) is 17.4. The molecule has 5 atom stereocenters. The molecule has 67 heavy (non-hydrogen) atoms. The van der Waals surface area contributed by atoms with Crippen molar-refractivity contribution in [3.8, 4) is 0 Å². The van der Waals surface area contributed by atoms with Gasteiger partial charge in [-0.2, -0.15) is 14.7 Å². The van der Waals surface area contributed by atoms with Gasteiger partial charge in [0.05, 0.1) is 5.56 Å². The molecule has 5 rings (SSSR count). The topological polar surface area (TPSA) is 318 Å². The van der Waals surface area contributed by atoms with Gasteiger partial charge < -0.3 is 42.0 Å². The summed E-state index contributed by atoms with van der Waals surface area (Å²) in [6.45, 7) is 1.21. The van der Waals surface area contributed by atoms with Crippen LogP contribution in [0.2, 0.25) is 0 Å². The van der Waals surface area contributed by atoms with Crippen molar-refractivity contribution in [3.63, 3.8) is 0 Å². The monoisotopic (exact) mass is 939 g/mol. The first-order chi connectivity index (χ1) is 31.9. The molecule has 0 fully saturated rings. The van der Waals surface area contributed by atoms with Crippen LogP contribution in [-0.4, -0.2) is 114 Å². The highest BCUT2D eigenvalue weighted by molar-refractivity contribution is 7.76. The Balaban J connectivity index is 1.44. The maximum Gasteiger partial charge on any atom is 0.483 e. The van der Waals surface area contributed by atoms with E-state index in [1.165, 1.54) is 50.6 Å². The number of para-hydroxylation sites is 1. The van der Waals surface area contributed by atoms with Crippen molar-refractivity contribution in [2.24, 2.45) is 0 Å². The molecule has 0 radical (unpaired) electrons. The lowest BCUT2D eigenvalue weighted by Gasteiger charge is -2.27. The van der Waals surface area contributed by atoms with E-state index in [4.69, 9.17) is 0 Å². The van der Waals surface area contributed by atoms with Gasteiger partial charge in [0, 0.05) is 75.6 Å². The number of carbonyl (C=O) groups is 8. The average molecular weight is 940 g/mol. The van der Waals surface area contributed by atoms with E-state index in [0.717, 1.165) is 10.9 Å². The van der Waals surface area contributed by atoms with Crippen LogP contribution in [0.25, 0.3) is 10.9 Å². The predicted molar refractivity (Wildman–Crippen MR) is 244 cm³/mol. The van der Waals surface area contributed by atoms with Crippen molar-refractivity contribution in [2.75, 3.05) is 7.05 Å². The number of pyridine rings is 1. The van der Waals surface area contributed by atoms with Gasteiger partial charge in [-0.25, -0.2) is 4.79 Å². The Morgan fingerprint density at radius 3 is 1.66 bits per heavy atom. The molecule has 352 valence electrons. The number of rotatable bonds is 23. The average Bonchev–Trinajstić information content (AvgIpc) is 3.71. The fourth-order valence-corrected chi connectivity index (χ4v) is 7.70. The largest absolute Gasteiger partial charge is 0.483 e. The van der Waals surface area contributed by atoms with Crippen molar-refractivity contribution in [1.82, 2.24) is 41.9 Å². The molecule has 0 unspecified atom stereocenters. The number of carbonyl (C=O) groups excluding carboxylic acids is 7. The van der Waals surface area contributed by atoms with E-state index in [0.29, 0.717) is 22.3 Å².